The van der Waals surface area contributed by atoms with Crippen molar-refractivity contribution in [2.24, 2.45) is 17.6 Å². The highest BCUT2D eigenvalue weighted by Crippen LogP contribution is 2.40. The number of fused-ring (bicyclic) bond motifs is 2. The van der Waals surface area contributed by atoms with Gasteiger partial charge in [-0.1, -0.05) is 6.07 Å². The third-order valence-electron chi connectivity index (χ3n) is 5.33. The van der Waals surface area contributed by atoms with Crippen molar-refractivity contribution < 1.29 is 19.0 Å². The number of amides is 1. The van der Waals surface area contributed by atoms with Crippen LogP contribution in [0.2, 0.25) is 0 Å². The molecule has 2 fully saturated rings. The Labute approximate surface area is 149 Å². The average Bonchev–Trinajstić information content (AvgIpc) is 2.89. The standard InChI is InChI=1S/C19H28N2O4/c1-23-16-6-3-5-15(18(16)25-10-4-9-20)19(22)21-11-13-7-8-14(12-21)17(13)24-2/h3,5-6,13-14,17H,4,7-12,20H2,1-2H3/t13-,14+,17?. The van der Waals surface area contributed by atoms with E-state index in [0.717, 1.165) is 32.4 Å². The molecule has 1 aromatic rings. The lowest BCUT2D eigenvalue weighted by atomic mass is 9.94. The SMILES string of the molecule is COc1cccc(C(=O)N2C[C@H]3CC[C@@H](C2)C3OC)c1OCCCN. The normalized spacial score (nSPS) is 25.1. The Morgan fingerprint density at radius 1 is 1.24 bits per heavy atom. The molecule has 3 rings (SSSR count). The van der Waals surface area contributed by atoms with Gasteiger partial charge in [0.2, 0.25) is 0 Å². The summed E-state index contributed by atoms with van der Waals surface area (Å²) in [4.78, 5) is 15.1. The number of benzene rings is 1. The summed E-state index contributed by atoms with van der Waals surface area (Å²) in [5.74, 6) is 1.97. The number of nitrogens with two attached hydrogens (primary N) is 1. The summed E-state index contributed by atoms with van der Waals surface area (Å²) in [6.07, 6.45) is 3.28. The fourth-order valence-electron chi connectivity index (χ4n) is 4.15. The smallest absolute Gasteiger partial charge is 0.257 e. The molecule has 25 heavy (non-hydrogen) atoms. The maximum atomic E-state index is 13.2. The second kappa shape index (κ2) is 8.06. The Morgan fingerprint density at radius 2 is 1.96 bits per heavy atom. The number of hydrogen-bond donors (Lipinski definition) is 1. The largest absolute Gasteiger partial charge is 0.493 e. The summed E-state index contributed by atoms with van der Waals surface area (Å²) in [6.45, 7) is 2.50. The van der Waals surface area contributed by atoms with Crippen LogP contribution in [0.5, 0.6) is 11.5 Å². The molecule has 1 aromatic carbocycles. The van der Waals surface area contributed by atoms with Gasteiger partial charge in [0.05, 0.1) is 25.4 Å². The fourth-order valence-corrected chi connectivity index (χ4v) is 4.15. The number of hydrogen-bond acceptors (Lipinski definition) is 5. The van der Waals surface area contributed by atoms with Crippen molar-refractivity contribution in [3.05, 3.63) is 23.8 Å². The minimum absolute atomic E-state index is 0.00750. The highest BCUT2D eigenvalue weighted by Gasteiger charge is 2.44. The van der Waals surface area contributed by atoms with Crippen LogP contribution in [0.25, 0.3) is 0 Å². The van der Waals surface area contributed by atoms with Crippen LogP contribution in [0.4, 0.5) is 0 Å². The lowest BCUT2D eigenvalue weighted by molar-refractivity contribution is -0.0114. The van der Waals surface area contributed by atoms with Gasteiger partial charge in [-0.05, 0) is 37.9 Å². The van der Waals surface area contributed by atoms with E-state index in [1.165, 1.54) is 0 Å². The summed E-state index contributed by atoms with van der Waals surface area (Å²) in [5, 5.41) is 0. The van der Waals surface area contributed by atoms with Gasteiger partial charge in [-0.3, -0.25) is 4.79 Å². The molecular formula is C19H28N2O4. The molecule has 2 bridgehead atoms. The molecule has 3 atom stereocenters. The van der Waals surface area contributed by atoms with Gasteiger partial charge >= 0.3 is 0 Å². The van der Waals surface area contributed by atoms with Gasteiger partial charge in [0.1, 0.15) is 0 Å². The van der Waals surface area contributed by atoms with Gasteiger partial charge in [0, 0.05) is 32.0 Å². The summed E-state index contributed by atoms with van der Waals surface area (Å²) < 4.78 is 16.9. The van der Waals surface area contributed by atoms with E-state index < -0.39 is 0 Å². The summed E-state index contributed by atoms with van der Waals surface area (Å²) in [7, 11) is 3.36. The van der Waals surface area contributed by atoms with Crippen molar-refractivity contribution >= 4 is 5.91 Å². The van der Waals surface area contributed by atoms with Crippen LogP contribution in [0.1, 0.15) is 29.6 Å². The van der Waals surface area contributed by atoms with Crippen LogP contribution in [0.3, 0.4) is 0 Å². The predicted octanol–water partition coefficient (Wildman–Crippen LogP) is 1.92. The Morgan fingerprint density at radius 3 is 2.56 bits per heavy atom. The molecule has 1 heterocycles. The van der Waals surface area contributed by atoms with Crippen molar-refractivity contribution in [3.8, 4) is 11.5 Å². The fraction of sp³-hybridized carbons (Fsp3) is 0.632. The Kier molecular flexibility index (Phi) is 5.81. The number of carbonyl (C=O) groups excluding carboxylic acids is 1. The maximum Gasteiger partial charge on any atom is 0.257 e. The van der Waals surface area contributed by atoms with Gasteiger partial charge < -0.3 is 24.8 Å². The van der Waals surface area contributed by atoms with Crippen molar-refractivity contribution in [3.63, 3.8) is 0 Å². The van der Waals surface area contributed by atoms with Crippen molar-refractivity contribution in [2.45, 2.75) is 25.4 Å². The van der Waals surface area contributed by atoms with Gasteiger partial charge in [0.15, 0.2) is 11.5 Å². The summed E-state index contributed by atoms with van der Waals surface area (Å²) >= 11 is 0. The molecular weight excluding hydrogens is 320 g/mol. The second-order valence-corrected chi connectivity index (χ2v) is 6.84. The van der Waals surface area contributed by atoms with Crippen LogP contribution >= 0.6 is 0 Å². The summed E-state index contributed by atoms with van der Waals surface area (Å²) in [5.41, 5.74) is 6.11. The molecule has 2 aliphatic rings. The average molecular weight is 348 g/mol. The molecule has 1 aliphatic carbocycles. The van der Waals surface area contributed by atoms with Gasteiger partial charge in [0.25, 0.3) is 5.91 Å². The van der Waals surface area contributed by atoms with E-state index in [2.05, 4.69) is 0 Å². The predicted molar refractivity (Wildman–Crippen MR) is 95.1 cm³/mol. The van der Waals surface area contributed by atoms with Gasteiger partial charge in [-0.25, -0.2) is 0 Å². The first-order valence-electron chi connectivity index (χ1n) is 9.01. The number of piperidine rings is 1. The molecule has 1 saturated carbocycles. The number of nitrogens with zero attached hydrogens (tertiary/aromatic N) is 1. The molecule has 6 heteroatoms. The Hall–Kier alpha value is -1.79. The summed E-state index contributed by atoms with van der Waals surface area (Å²) in [6, 6.07) is 5.46. The van der Waals surface area contributed by atoms with E-state index in [4.69, 9.17) is 19.9 Å². The third kappa shape index (κ3) is 3.60. The quantitative estimate of drug-likeness (QED) is 0.762. The molecule has 1 unspecified atom stereocenters. The van der Waals surface area contributed by atoms with Crippen molar-refractivity contribution in [1.82, 2.24) is 4.90 Å². The molecule has 1 saturated heterocycles. The zero-order valence-electron chi connectivity index (χ0n) is 15.1. The molecule has 0 spiro atoms. The lowest BCUT2D eigenvalue weighted by Gasteiger charge is -2.37. The molecule has 6 nitrogen and oxygen atoms in total. The molecule has 1 amide bonds. The van der Waals surface area contributed by atoms with Gasteiger partial charge in [-0.2, -0.15) is 0 Å². The second-order valence-electron chi connectivity index (χ2n) is 6.84. The monoisotopic (exact) mass is 348 g/mol. The molecule has 2 N–H and O–H groups in total. The first kappa shape index (κ1) is 18.0. The van der Waals surface area contributed by atoms with Gasteiger partial charge in [-0.15, -0.1) is 0 Å². The number of methoxy groups -OCH3 is 2. The van der Waals surface area contributed by atoms with E-state index in [0.29, 0.717) is 42.0 Å². The number of rotatable bonds is 7. The number of likely N-dealkylation sites (tertiary alicyclic amines) is 1. The zero-order chi connectivity index (χ0) is 17.8. The first-order valence-corrected chi connectivity index (χ1v) is 9.01. The highest BCUT2D eigenvalue weighted by atomic mass is 16.5. The van der Waals surface area contributed by atoms with Crippen molar-refractivity contribution in [2.75, 3.05) is 40.5 Å². The van der Waals surface area contributed by atoms with E-state index >= 15 is 0 Å². The zero-order valence-corrected chi connectivity index (χ0v) is 15.1. The van der Waals surface area contributed by atoms with E-state index in [1.54, 1.807) is 14.2 Å². The number of ether oxygens (including phenoxy) is 3. The highest BCUT2D eigenvalue weighted by molar-refractivity contribution is 5.98. The van der Waals surface area contributed by atoms with Crippen LogP contribution in [0.15, 0.2) is 18.2 Å². The van der Waals surface area contributed by atoms with Crippen molar-refractivity contribution in [1.29, 1.82) is 0 Å². The molecule has 0 aromatic heterocycles. The number of carbonyl (C=O) groups is 1. The van der Waals surface area contributed by atoms with Crippen LogP contribution < -0.4 is 15.2 Å². The van der Waals surface area contributed by atoms with Crippen LogP contribution in [-0.2, 0) is 4.74 Å². The third-order valence-corrected chi connectivity index (χ3v) is 5.33. The topological polar surface area (TPSA) is 74.0 Å². The van der Waals surface area contributed by atoms with E-state index in [9.17, 15) is 4.79 Å². The lowest BCUT2D eigenvalue weighted by Crippen LogP contribution is -2.48. The first-order chi connectivity index (χ1) is 12.2. The van der Waals surface area contributed by atoms with Crippen LogP contribution in [0, 0.1) is 11.8 Å². The van der Waals surface area contributed by atoms with Crippen LogP contribution in [-0.4, -0.2) is 57.4 Å². The van der Waals surface area contributed by atoms with E-state index in [-0.39, 0.29) is 12.0 Å². The Balaban J connectivity index is 1.80. The molecule has 138 valence electrons. The minimum atomic E-state index is 0.00750. The maximum absolute atomic E-state index is 13.2. The molecule has 0 radical (unpaired) electrons. The van der Waals surface area contributed by atoms with E-state index in [1.807, 2.05) is 23.1 Å². The number of para-hydroxylation sites is 1. The minimum Gasteiger partial charge on any atom is -0.493 e. The molecule has 1 aliphatic heterocycles. The Bertz CT molecular complexity index is 593.